The van der Waals surface area contributed by atoms with Crippen LogP contribution in [-0.4, -0.2) is 49.2 Å². The average molecular weight is 335 g/mol. The average Bonchev–Trinajstić information content (AvgIpc) is 3.07. The number of anilines is 1. The highest BCUT2D eigenvalue weighted by atomic mass is 16.5. The van der Waals surface area contributed by atoms with Crippen molar-refractivity contribution >= 4 is 17.6 Å². The Morgan fingerprint density at radius 3 is 2.88 bits per heavy atom. The molecule has 0 radical (unpaired) electrons. The molecule has 2 rings (SSSR count). The lowest BCUT2D eigenvalue weighted by molar-refractivity contribution is -0.118. The third-order valence-electron chi connectivity index (χ3n) is 3.85. The van der Waals surface area contributed by atoms with Crippen molar-refractivity contribution in [2.24, 2.45) is 5.73 Å². The third kappa shape index (κ3) is 5.42. The summed E-state index contributed by atoms with van der Waals surface area (Å²) in [5.74, 6) is 0.0884. The molecule has 1 aromatic carbocycles. The number of nitrogens with zero attached hydrogens (tertiary/aromatic N) is 1. The minimum atomic E-state index is -0.426. The maximum absolute atomic E-state index is 12.5. The van der Waals surface area contributed by atoms with Crippen molar-refractivity contribution in [2.75, 3.05) is 31.6 Å². The van der Waals surface area contributed by atoms with Crippen LogP contribution in [0.25, 0.3) is 0 Å². The second-order valence-electron chi connectivity index (χ2n) is 5.66. The molecule has 0 aliphatic carbocycles. The minimum Gasteiger partial charge on any atom is -0.491 e. The van der Waals surface area contributed by atoms with Crippen LogP contribution in [0, 0.1) is 0 Å². The van der Waals surface area contributed by atoms with Crippen LogP contribution in [0.2, 0.25) is 0 Å². The number of hydrogen-bond donors (Lipinski definition) is 2. The van der Waals surface area contributed by atoms with E-state index < -0.39 is 5.91 Å². The monoisotopic (exact) mass is 335 g/mol. The van der Waals surface area contributed by atoms with Gasteiger partial charge in [-0.3, -0.25) is 4.79 Å². The molecule has 0 spiro atoms. The molecule has 1 heterocycles. The molecule has 7 heteroatoms. The number of para-hydroxylation sites is 2. The first-order chi connectivity index (χ1) is 11.6. The van der Waals surface area contributed by atoms with Crippen LogP contribution in [0.5, 0.6) is 5.75 Å². The fourth-order valence-electron chi connectivity index (χ4n) is 2.54. The van der Waals surface area contributed by atoms with Crippen molar-refractivity contribution < 1.29 is 19.1 Å². The van der Waals surface area contributed by atoms with Gasteiger partial charge in [0.15, 0.2) is 0 Å². The molecule has 0 saturated carbocycles. The number of carbonyl (C=O) groups is 2. The summed E-state index contributed by atoms with van der Waals surface area (Å²) in [4.78, 5) is 25.0. The minimum absolute atomic E-state index is 0.109. The second-order valence-corrected chi connectivity index (χ2v) is 5.66. The Hall–Kier alpha value is -2.28. The summed E-state index contributed by atoms with van der Waals surface area (Å²) in [5.41, 5.74) is 5.67. The lowest BCUT2D eigenvalue weighted by atomic mass is 10.2. The maximum Gasteiger partial charge on any atom is 0.322 e. The van der Waals surface area contributed by atoms with Crippen LogP contribution in [0.15, 0.2) is 24.3 Å². The number of nitrogens with two attached hydrogens (primary N) is 1. The van der Waals surface area contributed by atoms with Crippen LogP contribution in [0.4, 0.5) is 10.5 Å². The summed E-state index contributed by atoms with van der Waals surface area (Å²) < 4.78 is 11.1. The Morgan fingerprint density at radius 1 is 1.42 bits per heavy atom. The number of urea groups is 1. The van der Waals surface area contributed by atoms with Gasteiger partial charge in [0.2, 0.25) is 5.91 Å². The third-order valence-corrected chi connectivity index (χ3v) is 3.85. The molecule has 1 aromatic rings. The molecule has 3 amide bonds. The molecule has 0 bridgehead atoms. The topological polar surface area (TPSA) is 93.9 Å². The van der Waals surface area contributed by atoms with Crippen LogP contribution in [-0.2, 0) is 9.53 Å². The molecule has 1 aliphatic rings. The number of hydrogen-bond acceptors (Lipinski definition) is 4. The van der Waals surface area contributed by atoms with Gasteiger partial charge in [-0.05, 0) is 31.9 Å². The van der Waals surface area contributed by atoms with E-state index >= 15 is 0 Å². The summed E-state index contributed by atoms with van der Waals surface area (Å²) >= 11 is 0. The first-order valence-corrected chi connectivity index (χ1v) is 8.27. The zero-order valence-electron chi connectivity index (χ0n) is 14.0. The number of benzene rings is 1. The molecule has 0 unspecified atom stereocenters. The van der Waals surface area contributed by atoms with Gasteiger partial charge in [-0.25, -0.2) is 4.79 Å². The molecule has 1 aliphatic heterocycles. The van der Waals surface area contributed by atoms with Crippen molar-refractivity contribution in [3.8, 4) is 5.75 Å². The van der Waals surface area contributed by atoms with E-state index in [0.717, 1.165) is 19.4 Å². The summed E-state index contributed by atoms with van der Waals surface area (Å²) in [6.07, 6.45) is 2.26. The normalized spacial score (nSPS) is 16.6. The van der Waals surface area contributed by atoms with Crippen molar-refractivity contribution in [3.63, 3.8) is 0 Å². The van der Waals surface area contributed by atoms with Gasteiger partial charge >= 0.3 is 6.03 Å². The fourth-order valence-corrected chi connectivity index (χ4v) is 2.54. The number of ether oxygens (including phenoxy) is 2. The molecule has 1 atom stereocenters. The lowest BCUT2D eigenvalue weighted by Gasteiger charge is -2.24. The van der Waals surface area contributed by atoms with Gasteiger partial charge < -0.3 is 25.4 Å². The number of rotatable bonds is 8. The van der Waals surface area contributed by atoms with E-state index in [-0.39, 0.29) is 25.2 Å². The number of primary amides is 1. The van der Waals surface area contributed by atoms with Crippen LogP contribution >= 0.6 is 0 Å². The summed E-state index contributed by atoms with van der Waals surface area (Å²) in [6.45, 7) is 4.04. The van der Waals surface area contributed by atoms with Crippen LogP contribution < -0.4 is 15.8 Å². The van der Waals surface area contributed by atoms with E-state index in [1.807, 2.05) is 13.0 Å². The molecule has 0 aromatic heterocycles. The van der Waals surface area contributed by atoms with Gasteiger partial charge in [0.05, 0.1) is 24.8 Å². The van der Waals surface area contributed by atoms with Gasteiger partial charge in [0.1, 0.15) is 5.75 Å². The van der Waals surface area contributed by atoms with E-state index in [4.69, 9.17) is 15.2 Å². The predicted molar refractivity (Wildman–Crippen MR) is 91.0 cm³/mol. The molecule has 1 saturated heterocycles. The number of carbonyl (C=O) groups excluding carboxylic acids is 2. The maximum atomic E-state index is 12.5. The standard InChI is InChI=1S/C17H25N3O4/c1-2-20(12-13-6-5-10-23-13)17(22)19-14-7-3-4-8-15(14)24-11-9-16(18)21/h3-4,7-8,13H,2,5-6,9-12H2,1H3,(H2,18,21)(H,19,22)/t13-/m0/s1. The molecule has 1 fully saturated rings. The van der Waals surface area contributed by atoms with Crippen molar-refractivity contribution in [1.82, 2.24) is 4.90 Å². The van der Waals surface area contributed by atoms with Gasteiger partial charge in [-0.1, -0.05) is 12.1 Å². The van der Waals surface area contributed by atoms with E-state index in [1.54, 1.807) is 23.1 Å². The van der Waals surface area contributed by atoms with Crippen LogP contribution in [0.3, 0.4) is 0 Å². The molecule has 7 nitrogen and oxygen atoms in total. The highest BCUT2D eigenvalue weighted by molar-refractivity contribution is 5.91. The number of amides is 3. The summed E-state index contributed by atoms with van der Waals surface area (Å²) in [7, 11) is 0. The van der Waals surface area contributed by atoms with Gasteiger partial charge in [-0.2, -0.15) is 0 Å². The SMILES string of the molecule is CCN(C[C@@H]1CCCO1)C(=O)Nc1ccccc1OCCC(N)=O. The zero-order chi connectivity index (χ0) is 17.4. The van der Waals surface area contributed by atoms with Gasteiger partial charge in [-0.15, -0.1) is 0 Å². The Kier molecular flexibility index (Phi) is 6.87. The number of likely N-dealkylation sites (N-methyl/N-ethyl adjacent to an activating group) is 1. The van der Waals surface area contributed by atoms with E-state index in [1.165, 1.54) is 0 Å². The molecule has 24 heavy (non-hydrogen) atoms. The number of nitrogens with one attached hydrogen (secondary N) is 1. The Balaban J connectivity index is 1.95. The van der Waals surface area contributed by atoms with Crippen LogP contribution in [0.1, 0.15) is 26.2 Å². The highest BCUT2D eigenvalue weighted by Crippen LogP contribution is 2.24. The Labute approximate surface area is 142 Å². The second kappa shape index (κ2) is 9.12. The van der Waals surface area contributed by atoms with E-state index in [2.05, 4.69) is 5.32 Å². The molecule has 132 valence electrons. The lowest BCUT2D eigenvalue weighted by Crippen LogP contribution is -2.40. The van der Waals surface area contributed by atoms with E-state index in [9.17, 15) is 9.59 Å². The summed E-state index contributed by atoms with van der Waals surface area (Å²) in [5, 5.41) is 2.86. The van der Waals surface area contributed by atoms with Crippen molar-refractivity contribution in [1.29, 1.82) is 0 Å². The Morgan fingerprint density at radius 2 is 2.21 bits per heavy atom. The zero-order valence-corrected chi connectivity index (χ0v) is 14.0. The molecular formula is C17H25N3O4. The van der Waals surface area contributed by atoms with Gasteiger partial charge in [0.25, 0.3) is 0 Å². The van der Waals surface area contributed by atoms with Crippen molar-refractivity contribution in [2.45, 2.75) is 32.3 Å². The molecular weight excluding hydrogens is 310 g/mol. The highest BCUT2D eigenvalue weighted by Gasteiger charge is 2.22. The first kappa shape index (κ1) is 18.1. The Bertz CT molecular complexity index is 559. The largest absolute Gasteiger partial charge is 0.491 e. The van der Waals surface area contributed by atoms with Crippen molar-refractivity contribution in [3.05, 3.63) is 24.3 Å². The smallest absolute Gasteiger partial charge is 0.322 e. The summed E-state index contributed by atoms with van der Waals surface area (Å²) in [6, 6.07) is 6.93. The quantitative estimate of drug-likeness (QED) is 0.759. The molecule has 3 N–H and O–H groups in total. The van der Waals surface area contributed by atoms with Gasteiger partial charge in [0, 0.05) is 19.7 Å². The predicted octanol–water partition coefficient (Wildman–Crippen LogP) is 1.97. The fraction of sp³-hybridized carbons (Fsp3) is 0.529. The van der Waals surface area contributed by atoms with E-state index in [0.29, 0.717) is 24.5 Å². The first-order valence-electron chi connectivity index (χ1n) is 8.27.